The van der Waals surface area contributed by atoms with Crippen molar-refractivity contribution in [2.24, 2.45) is 0 Å². The molecular formula is C18H20O3. The van der Waals surface area contributed by atoms with E-state index in [1.54, 1.807) is 7.11 Å². The van der Waals surface area contributed by atoms with Crippen LogP contribution in [0.1, 0.15) is 34.5 Å². The van der Waals surface area contributed by atoms with E-state index >= 15 is 0 Å². The summed E-state index contributed by atoms with van der Waals surface area (Å²) in [4.78, 5) is 12.9. The van der Waals surface area contributed by atoms with Gasteiger partial charge in [0.25, 0.3) is 0 Å². The number of hydrogen-bond acceptors (Lipinski definition) is 3. The summed E-state index contributed by atoms with van der Waals surface area (Å²) >= 11 is 0. The smallest absolute Gasteiger partial charge is 0.199 e. The van der Waals surface area contributed by atoms with E-state index in [1.807, 2.05) is 62.4 Å². The summed E-state index contributed by atoms with van der Waals surface area (Å²) in [5.41, 5.74) is 2.43. The molecule has 2 rings (SSSR count). The quantitative estimate of drug-likeness (QED) is 0.753. The highest BCUT2D eigenvalue weighted by atomic mass is 16.5. The summed E-state index contributed by atoms with van der Waals surface area (Å²) in [5, 5.41) is 0. The van der Waals surface area contributed by atoms with E-state index in [9.17, 15) is 4.79 Å². The van der Waals surface area contributed by atoms with E-state index in [2.05, 4.69) is 0 Å². The predicted molar refractivity (Wildman–Crippen MR) is 82.9 cm³/mol. The second-order valence-electron chi connectivity index (χ2n) is 4.81. The molecule has 0 spiro atoms. The molecule has 0 saturated carbocycles. The molecule has 0 amide bonds. The molecule has 0 radical (unpaired) electrons. The molecule has 0 aliphatic carbocycles. The van der Waals surface area contributed by atoms with Crippen LogP contribution >= 0.6 is 0 Å². The lowest BCUT2D eigenvalue weighted by atomic mass is 9.98. The second-order valence-corrected chi connectivity index (χ2v) is 4.81. The molecule has 110 valence electrons. The number of carbonyl (C=O) groups is 1. The Morgan fingerprint density at radius 3 is 2.48 bits per heavy atom. The van der Waals surface area contributed by atoms with Gasteiger partial charge in [-0.25, -0.2) is 0 Å². The molecule has 0 aromatic heterocycles. The van der Waals surface area contributed by atoms with Crippen molar-refractivity contribution < 1.29 is 14.3 Å². The van der Waals surface area contributed by atoms with Crippen LogP contribution in [-0.4, -0.2) is 19.5 Å². The Morgan fingerprint density at radius 2 is 1.86 bits per heavy atom. The fraction of sp³-hybridized carbons (Fsp3) is 0.278. The van der Waals surface area contributed by atoms with Gasteiger partial charge in [0, 0.05) is 6.61 Å². The van der Waals surface area contributed by atoms with E-state index < -0.39 is 6.10 Å². The van der Waals surface area contributed by atoms with Crippen LogP contribution in [0.3, 0.4) is 0 Å². The molecule has 0 saturated heterocycles. The summed E-state index contributed by atoms with van der Waals surface area (Å²) in [6.07, 6.45) is -0.605. The maximum atomic E-state index is 12.9. The van der Waals surface area contributed by atoms with Gasteiger partial charge in [0.2, 0.25) is 0 Å². The number of ether oxygens (including phenoxy) is 2. The highest BCUT2D eigenvalue weighted by molar-refractivity contribution is 6.02. The van der Waals surface area contributed by atoms with Crippen LogP contribution in [0.25, 0.3) is 0 Å². The molecule has 2 aromatic rings. The maximum Gasteiger partial charge on any atom is 0.199 e. The molecule has 0 bridgehead atoms. The molecule has 0 fully saturated rings. The molecule has 1 atom stereocenters. The largest absolute Gasteiger partial charge is 0.496 e. The summed E-state index contributed by atoms with van der Waals surface area (Å²) in [5.74, 6) is 0.495. The minimum Gasteiger partial charge on any atom is -0.496 e. The SMILES string of the molecule is CCOC(C(=O)c1cc(C)ccc1OC)c1ccccc1. The van der Waals surface area contributed by atoms with Crippen molar-refractivity contribution in [3.63, 3.8) is 0 Å². The Bertz CT molecular complexity index is 605. The Balaban J connectivity index is 2.42. The number of benzene rings is 2. The van der Waals surface area contributed by atoms with Gasteiger partial charge in [-0.3, -0.25) is 4.79 Å². The van der Waals surface area contributed by atoms with Crippen LogP contribution in [0.5, 0.6) is 5.75 Å². The Kier molecular flexibility index (Phi) is 5.12. The van der Waals surface area contributed by atoms with Crippen LogP contribution in [-0.2, 0) is 4.74 Å². The highest BCUT2D eigenvalue weighted by Crippen LogP contribution is 2.28. The van der Waals surface area contributed by atoms with E-state index in [4.69, 9.17) is 9.47 Å². The van der Waals surface area contributed by atoms with E-state index in [0.29, 0.717) is 17.9 Å². The normalized spacial score (nSPS) is 12.0. The molecule has 0 aliphatic rings. The highest BCUT2D eigenvalue weighted by Gasteiger charge is 2.25. The van der Waals surface area contributed by atoms with Crippen molar-refractivity contribution in [2.75, 3.05) is 13.7 Å². The van der Waals surface area contributed by atoms with Crippen LogP contribution in [0.15, 0.2) is 48.5 Å². The molecule has 2 aromatic carbocycles. The Hall–Kier alpha value is -2.13. The topological polar surface area (TPSA) is 35.5 Å². The minimum atomic E-state index is -0.605. The summed E-state index contributed by atoms with van der Waals surface area (Å²) < 4.78 is 11.0. The first-order chi connectivity index (χ1) is 10.2. The Labute approximate surface area is 125 Å². The van der Waals surface area contributed by atoms with Gasteiger partial charge in [0.1, 0.15) is 11.9 Å². The summed E-state index contributed by atoms with van der Waals surface area (Å²) in [6, 6.07) is 15.1. The fourth-order valence-electron chi connectivity index (χ4n) is 2.27. The van der Waals surface area contributed by atoms with Gasteiger partial charge in [-0.15, -0.1) is 0 Å². The summed E-state index contributed by atoms with van der Waals surface area (Å²) in [7, 11) is 1.57. The van der Waals surface area contributed by atoms with Crippen molar-refractivity contribution in [1.82, 2.24) is 0 Å². The lowest BCUT2D eigenvalue weighted by Crippen LogP contribution is -2.17. The fourth-order valence-corrected chi connectivity index (χ4v) is 2.27. The van der Waals surface area contributed by atoms with Gasteiger partial charge < -0.3 is 9.47 Å². The van der Waals surface area contributed by atoms with E-state index in [1.165, 1.54) is 0 Å². The zero-order chi connectivity index (χ0) is 15.2. The third kappa shape index (κ3) is 3.50. The predicted octanol–water partition coefficient (Wildman–Crippen LogP) is 3.96. The van der Waals surface area contributed by atoms with Crippen LogP contribution < -0.4 is 4.74 Å². The summed E-state index contributed by atoms with van der Waals surface area (Å²) in [6.45, 7) is 4.31. The first-order valence-electron chi connectivity index (χ1n) is 7.02. The molecule has 3 heteroatoms. The number of hydrogen-bond donors (Lipinski definition) is 0. The average Bonchev–Trinajstić information content (AvgIpc) is 2.52. The first kappa shape index (κ1) is 15.3. The zero-order valence-electron chi connectivity index (χ0n) is 12.6. The molecule has 0 heterocycles. The minimum absolute atomic E-state index is 0.0800. The maximum absolute atomic E-state index is 12.9. The monoisotopic (exact) mass is 284 g/mol. The van der Waals surface area contributed by atoms with Crippen molar-refractivity contribution in [2.45, 2.75) is 20.0 Å². The van der Waals surface area contributed by atoms with Gasteiger partial charge in [-0.2, -0.15) is 0 Å². The number of rotatable bonds is 6. The number of methoxy groups -OCH3 is 1. The third-order valence-corrected chi connectivity index (χ3v) is 3.29. The lowest BCUT2D eigenvalue weighted by Gasteiger charge is -2.18. The molecular weight excluding hydrogens is 264 g/mol. The van der Waals surface area contributed by atoms with Gasteiger partial charge >= 0.3 is 0 Å². The van der Waals surface area contributed by atoms with Crippen molar-refractivity contribution in [3.8, 4) is 5.75 Å². The van der Waals surface area contributed by atoms with Crippen LogP contribution in [0, 0.1) is 6.92 Å². The average molecular weight is 284 g/mol. The van der Waals surface area contributed by atoms with Crippen molar-refractivity contribution in [1.29, 1.82) is 0 Å². The van der Waals surface area contributed by atoms with Gasteiger partial charge in [-0.05, 0) is 31.5 Å². The van der Waals surface area contributed by atoms with Gasteiger partial charge in [0.05, 0.1) is 12.7 Å². The second kappa shape index (κ2) is 7.04. The molecule has 21 heavy (non-hydrogen) atoms. The first-order valence-corrected chi connectivity index (χ1v) is 7.02. The number of aryl methyl sites for hydroxylation is 1. The number of ketones is 1. The molecule has 0 aliphatic heterocycles. The Morgan fingerprint density at radius 1 is 1.14 bits per heavy atom. The zero-order valence-corrected chi connectivity index (χ0v) is 12.6. The van der Waals surface area contributed by atoms with Crippen LogP contribution in [0.2, 0.25) is 0 Å². The standard InChI is InChI=1S/C18H20O3/c1-4-21-18(14-8-6-5-7-9-14)17(19)15-12-13(2)10-11-16(15)20-3/h5-12,18H,4H2,1-3H3. The van der Waals surface area contributed by atoms with Gasteiger partial charge in [0.15, 0.2) is 5.78 Å². The lowest BCUT2D eigenvalue weighted by molar-refractivity contribution is 0.0450. The van der Waals surface area contributed by atoms with E-state index in [0.717, 1.165) is 11.1 Å². The molecule has 1 unspecified atom stereocenters. The van der Waals surface area contributed by atoms with Crippen LogP contribution in [0.4, 0.5) is 0 Å². The number of carbonyl (C=O) groups excluding carboxylic acids is 1. The molecule has 0 N–H and O–H groups in total. The third-order valence-electron chi connectivity index (χ3n) is 3.29. The number of Topliss-reactive ketones (excluding diaryl/α,β-unsaturated/α-hetero) is 1. The van der Waals surface area contributed by atoms with Crippen molar-refractivity contribution >= 4 is 5.78 Å². The van der Waals surface area contributed by atoms with Crippen molar-refractivity contribution in [3.05, 3.63) is 65.2 Å². The van der Waals surface area contributed by atoms with E-state index in [-0.39, 0.29) is 5.78 Å². The molecule has 3 nitrogen and oxygen atoms in total. The van der Waals surface area contributed by atoms with Gasteiger partial charge in [-0.1, -0.05) is 42.0 Å².